The van der Waals surface area contributed by atoms with Crippen molar-refractivity contribution in [3.05, 3.63) is 62.6 Å². The van der Waals surface area contributed by atoms with E-state index in [9.17, 15) is 0 Å². The largest absolute Gasteiger partial charge is 0.495 e. The molecule has 0 aliphatic heterocycles. The van der Waals surface area contributed by atoms with Crippen LogP contribution in [0, 0.1) is 0 Å². The van der Waals surface area contributed by atoms with Crippen molar-refractivity contribution >= 4 is 34.8 Å². The van der Waals surface area contributed by atoms with Gasteiger partial charge in [-0.05, 0) is 48.4 Å². The molecule has 2 aromatic carbocycles. The van der Waals surface area contributed by atoms with Crippen molar-refractivity contribution in [2.24, 2.45) is 5.73 Å². The maximum absolute atomic E-state index is 6.15. The minimum absolute atomic E-state index is 0.157. The molecule has 1 atom stereocenters. The molecule has 5 heteroatoms. The number of methoxy groups -OCH3 is 1. The van der Waals surface area contributed by atoms with Gasteiger partial charge in [0.15, 0.2) is 0 Å². The number of nitrogens with two attached hydrogens (primary N) is 1. The third-order valence-electron chi connectivity index (χ3n) is 3.40. The Balaban J connectivity index is 2.22. The van der Waals surface area contributed by atoms with Gasteiger partial charge in [-0.2, -0.15) is 0 Å². The molecule has 0 aliphatic rings. The Morgan fingerprint density at radius 1 is 1.00 bits per heavy atom. The lowest BCUT2D eigenvalue weighted by Crippen LogP contribution is -2.15. The van der Waals surface area contributed by atoms with Crippen LogP contribution in [0.4, 0.5) is 0 Å². The third kappa shape index (κ3) is 4.04. The van der Waals surface area contributed by atoms with Crippen molar-refractivity contribution in [1.82, 2.24) is 0 Å². The SMILES string of the molecule is COc1ccc(CC(CN)c2ccc(Cl)c(Cl)c2)cc1Cl. The smallest absolute Gasteiger partial charge is 0.137 e. The first-order chi connectivity index (χ1) is 10.0. The van der Waals surface area contributed by atoms with Crippen LogP contribution in [0.3, 0.4) is 0 Å². The number of ether oxygens (including phenoxy) is 1. The van der Waals surface area contributed by atoms with Crippen molar-refractivity contribution in [3.8, 4) is 5.75 Å². The summed E-state index contributed by atoms with van der Waals surface area (Å²) < 4.78 is 5.16. The predicted octanol–water partition coefficient (Wildman–Crippen LogP) is 4.94. The fraction of sp³-hybridized carbons (Fsp3) is 0.250. The summed E-state index contributed by atoms with van der Waals surface area (Å²) in [6, 6.07) is 11.4. The second kappa shape index (κ2) is 7.37. The van der Waals surface area contributed by atoms with Crippen molar-refractivity contribution < 1.29 is 4.74 Å². The molecular formula is C16H16Cl3NO. The van der Waals surface area contributed by atoms with E-state index >= 15 is 0 Å². The highest BCUT2D eigenvalue weighted by Crippen LogP contribution is 2.30. The number of rotatable bonds is 5. The van der Waals surface area contributed by atoms with E-state index in [-0.39, 0.29) is 5.92 Å². The van der Waals surface area contributed by atoms with E-state index in [1.807, 2.05) is 30.3 Å². The fourth-order valence-corrected chi connectivity index (χ4v) is 2.81. The van der Waals surface area contributed by atoms with Gasteiger partial charge < -0.3 is 10.5 Å². The van der Waals surface area contributed by atoms with Crippen LogP contribution in [-0.2, 0) is 6.42 Å². The van der Waals surface area contributed by atoms with Gasteiger partial charge in [0.25, 0.3) is 0 Å². The number of halogens is 3. The van der Waals surface area contributed by atoms with Crippen LogP contribution in [-0.4, -0.2) is 13.7 Å². The molecule has 1 unspecified atom stereocenters. The van der Waals surface area contributed by atoms with Gasteiger partial charge in [-0.1, -0.05) is 46.9 Å². The molecule has 21 heavy (non-hydrogen) atoms. The number of hydrogen-bond donors (Lipinski definition) is 1. The van der Waals surface area contributed by atoms with Crippen molar-refractivity contribution in [2.45, 2.75) is 12.3 Å². The standard InChI is InChI=1S/C16H16Cl3NO/c1-21-16-5-2-10(7-15(16)19)6-12(9-20)11-3-4-13(17)14(18)8-11/h2-5,7-8,12H,6,9,20H2,1H3. The van der Waals surface area contributed by atoms with Crippen LogP contribution in [0.25, 0.3) is 0 Å². The average Bonchev–Trinajstić information content (AvgIpc) is 2.48. The van der Waals surface area contributed by atoms with Gasteiger partial charge in [0, 0.05) is 5.92 Å². The average molecular weight is 345 g/mol. The summed E-state index contributed by atoms with van der Waals surface area (Å²) in [7, 11) is 1.60. The fourth-order valence-electron chi connectivity index (χ4n) is 2.22. The molecule has 2 nitrogen and oxygen atoms in total. The maximum Gasteiger partial charge on any atom is 0.137 e. The molecule has 112 valence electrons. The van der Waals surface area contributed by atoms with Gasteiger partial charge in [-0.15, -0.1) is 0 Å². The molecule has 0 aromatic heterocycles. The van der Waals surface area contributed by atoms with Gasteiger partial charge in [0.2, 0.25) is 0 Å². The molecule has 2 aromatic rings. The normalized spacial score (nSPS) is 12.2. The molecule has 0 aliphatic carbocycles. The molecule has 0 saturated heterocycles. The number of benzene rings is 2. The van der Waals surface area contributed by atoms with Gasteiger partial charge in [0.05, 0.1) is 22.2 Å². The Morgan fingerprint density at radius 3 is 2.33 bits per heavy atom. The predicted molar refractivity (Wildman–Crippen MR) is 90.0 cm³/mol. The van der Waals surface area contributed by atoms with E-state index in [1.54, 1.807) is 13.2 Å². The Morgan fingerprint density at radius 2 is 1.76 bits per heavy atom. The highest BCUT2D eigenvalue weighted by Gasteiger charge is 2.13. The minimum atomic E-state index is 0.157. The quantitative estimate of drug-likeness (QED) is 0.833. The van der Waals surface area contributed by atoms with Gasteiger partial charge in [-0.3, -0.25) is 0 Å². The van der Waals surface area contributed by atoms with Crippen LogP contribution in [0.15, 0.2) is 36.4 Å². The monoisotopic (exact) mass is 343 g/mol. The van der Waals surface area contributed by atoms with Crippen molar-refractivity contribution in [1.29, 1.82) is 0 Å². The van der Waals surface area contributed by atoms with Gasteiger partial charge in [0.1, 0.15) is 5.75 Å². The Hall–Kier alpha value is -0.930. The van der Waals surface area contributed by atoms with Crippen LogP contribution in [0.2, 0.25) is 15.1 Å². The summed E-state index contributed by atoms with van der Waals surface area (Å²) in [5.74, 6) is 0.823. The van der Waals surface area contributed by atoms with Crippen LogP contribution >= 0.6 is 34.8 Å². The lowest BCUT2D eigenvalue weighted by Gasteiger charge is -2.16. The van der Waals surface area contributed by atoms with Gasteiger partial charge >= 0.3 is 0 Å². The highest BCUT2D eigenvalue weighted by atomic mass is 35.5. The molecule has 0 radical (unpaired) electrons. The summed E-state index contributed by atoms with van der Waals surface area (Å²) in [6.07, 6.45) is 0.776. The van der Waals surface area contributed by atoms with E-state index in [0.29, 0.717) is 27.4 Å². The van der Waals surface area contributed by atoms with E-state index in [4.69, 9.17) is 45.3 Å². The lowest BCUT2D eigenvalue weighted by atomic mass is 9.92. The first-order valence-corrected chi connectivity index (χ1v) is 7.66. The van der Waals surface area contributed by atoms with E-state index < -0.39 is 0 Å². The van der Waals surface area contributed by atoms with E-state index in [2.05, 4.69) is 0 Å². The molecule has 0 amide bonds. The van der Waals surface area contributed by atoms with Gasteiger partial charge in [-0.25, -0.2) is 0 Å². The van der Waals surface area contributed by atoms with E-state index in [0.717, 1.165) is 17.5 Å². The van der Waals surface area contributed by atoms with Crippen LogP contribution < -0.4 is 10.5 Å². The Labute approximate surface area is 139 Å². The Kier molecular flexibility index (Phi) is 5.77. The molecule has 0 spiro atoms. The zero-order chi connectivity index (χ0) is 15.4. The van der Waals surface area contributed by atoms with Crippen molar-refractivity contribution in [2.75, 3.05) is 13.7 Å². The second-order valence-electron chi connectivity index (χ2n) is 4.78. The Bertz CT molecular complexity index is 631. The van der Waals surface area contributed by atoms with Crippen LogP contribution in [0.1, 0.15) is 17.0 Å². The summed E-state index contributed by atoms with van der Waals surface area (Å²) in [6.45, 7) is 0.515. The topological polar surface area (TPSA) is 35.2 Å². The summed E-state index contributed by atoms with van der Waals surface area (Å²) in [5.41, 5.74) is 8.07. The maximum atomic E-state index is 6.15. The summed E-state index contributed by atoms with van der Waals surface area (Å²) in [5, 5.41) is 1.68. The molecular weight excluding hydrogens is 329 g/mol. The molecule has 0 fully saturated rings. The number of hydrogen-bond acceptors (Lipinski definition) is 2. The summed E-state index contributed by atoms with van der Waals surface area (Å²) >= 11 is 18.2. The van der Waals surface area contributed by atoms with E-state index in [1.165, 1.54) is 0 Å². The van der Waals surface area contributed by atoms with Crippen LogP contribution in [0.5, 0.6) is 5.75 Å². The van der Waals surface area contributed by atoms with Crippen molar-refractivity contribution in [3.63, 3.8) is 0 Å². The minimum Gasteiger partial charge on any atom is -0.495 e. The highest BCUT2D eigenvalue weighted by molar-refractivity contribution is 6.42. The first kappa shape index (κ1) is 16.4. The third-order valence-corrected chi connectivity index (χ3v) is 4.43. The second-order valence-corrected chi connectivity index (χ2v) is 6.00. The first-order valence-electron chi connectivity index (χ1n) is 6.52. The molecule has 0 heterocycles. The lowest BCUT2D eigenvalue weighted by molar-refractivity contribution is 0.415. The molecule has 2 N–H and O–H groups in total. The summed E-state index contributed by atoms with van der Waals surface area (Å²) in [4.78, 5) is 0. The zero-order valence-electron chi connectivity index (χ0n) is 11.6. The molecule has 0 bridgehead atoms. The zero-order valence-corrected chi connectivity index (χ0v) is 13.8. The molecule has 2 rings (SSSR count). The molecule has 0 saturated carbocycles.